The first-order valence-corrected chi connectivity index (χ1v) is 13.7. The number of rotatable bonds is 4. The fourth-order valence-corrected chi connectivity index (χ4v) is 4.82. The Morgan fingerprint density at radius 1 is 1.00 bits per heavy atom. The number of anilines is 2. The lowest BCUT2D eigenvalue weighted by molar-refractivity contribution is -0.138. The number of carbonyl (C=O) groups excluding carboxylic acids is 2. The van der Waals surface area contributed by atoms with Crippen LogP contribution in [0, 0.1) is 25.7 Å². The predicted octanol–water partition coefficient (Wildman–Crippen LogP) is 3.95. The Morgan fingerprint density at radius 3 is 2.43 bits per heavy atom. The molecule has 13 heteroatoms. The molecule has 0 bridgehead atoms. The minimum atomic E-state index is -4.63. The molecule has 4 aromatic rings. The highest BCUT2D eigenvalue weighted by Gasteiger charge is 2.34. The van der Waals surface area contributed by atoms with Gasteiger partial charge in [-0.15, -0.1) is 0 Å². The second-order valence-electron chi connectivity index (χ2n) is 10.5. The number of fused-ring (bicyclic) bond motifs is 1. The summed E-state index contributed by atoms with van der Waals surface area (Å²) >= 11 is 0. The highest BCUT2D eigenvalue weighted by atomic mass is 19.4. The van der Waals surface area contributed by atoms with Crippen LogP contribution in [0.25, 0.3) is 11.0 Å². The third-order valence-electron chi connectivity index (χ3n) is 7.37. The molecule has 0 radical (unpaired) electrons. The van der Waals surface area contributed by atoms with Gasteiger partial charge >= 0.3 is 6.18 Å². The van der Waals surface area contributed by atoms with Crippen molar-refractivity contribution >= 4 is 34.4 Å². The van der Waals surface area contributed by atoms with Crippen molar-refractivity contribution in [3.8, 4) is 11.8 Å². The number of hydrogen-bond donors (Lipinski definition) is 2. The maximum Gasteiger partial charge on any atom is 0.416 e. The second-order valence-corrected chi connectivity index (χ2v) is 10.5. The number of nitrogens with zero attached hydrogens (tertiary/aromatic N) is 6. The molecule has 1 aromatic carbocycles. The number of piperazine rings is 1. The average Bonchev–Trinajstić information content (AvgIpc) is 2.98. The first-order valence-electron chi connectivity index (χ1n) is 13.7. The van der Waals surface area contributed by atoms with Crippen molar-refractivity contribution in [2.75, 3.05) is 37.2 Å². The Balaban J connectivity index is 1.34. The molecule has 0 aliphatic carbocycles. The molecule has 44 heavy (non-hydrogen) atoms. The van der Waals surface area contributed by atoms with Crippen molar-refractivity contribution in [1.82, 2.24) is 29.7 Å². The number of benzene rings is 1. The first kappa shape index (κ1) is 30.4. The van der Waals surface area contributed by atoms with Crippen LogP contribution >= 0.6 is 0 Å². The quantitative estimate of drug-likeness (QED) is 0.336. The van der Waals surface area contributed by atoms with Crippen LogP contribution in [0.5, 0.6) is 0 Å². The van der Waals surface area contributed by atoms with Crippen LogP contribution in [0.15, 0.2) is 42.9 Å². The predicted molar refractivity (Wildman–Crippen MR) is 158 cm³/mol. The number of aromatic nitrogens is 4. The number of nitrogens with one attached hydrogen (secondary N) is 1. The molecule has 10 nitrogen and oxygen atoms in total. The molecule has 1 saturated heterocycles. The molecule has 1 fully saturated rings. The molecular formula is C31H29F3N8O2. The van der Waals surface area contributed by atoms with Crippen LogP contribution in [0.1, 0.15) is 50.9 Å². The number of halogens is 3. The minimum Gasteiger partial charge on any atom is -0.383 e. The molecule has 0 unspecified atom stereocenters. The van der Waals surface area contributed by atoms with E-state index in [9.17, 15) is 22.8 Å². The summed E-state index contributed by atoms with van der Waals surface area (Å²) in [5, 5.41) is 2.53. The van der Waals surface area contributed by atoms with Gasteiger partial charge in [0.05, 0.1) is 34.3 Å². The largest absolute Gasteiger partial charge is 0.416 e. The van der Waals surface area contributed by atoms with Crippen molar-refractivity contribution in [2.24, 2.45) is 0 Å². The molecule has 5 rings (SSSR count). The van der Waals surface area contributed by atoms with Gasteiger partial charge in [-0.25, -0.2) is 15.0 Å². The van der Waals surface area contributed by atoms with Crippen molar-refractivity contribution in [2.45, 2.75) is 33.5 Å². The van der Waals surface area contributed by atoms with Crippen LogP contribution in [-0.2, 0) is 17.5 Å². The van der Waals surface area contributed by atoms with E-state index in [4.69, 9.17) is 5.73 Å². The number of pyridine rings is 2. The third-order valence-corrected chi connectivity index (χ3v) is 7.37. The zero-order chi connectivity index (χ0) is 31.6. The molecule has 4 heterocycles. The molecule has 0 atom stereocenters. The standard InChI is InChI=1S/C31H29F3N8O2/c1-18-19(2)39-28-25(29(35)37-16-27(28)38-18)7-4-21-12-23(15-36-14-21)30(44)40-24-6-5-22(26(13-24)31(32,33)34)17-41-8-10-42(11-9-41)20(3)43/h5-6,12-16H,8-11,17H2,1-3H3,(H2,35,37)(H,40,44). The van der Waals surface area contributed by atoms with Crippen molar-refractivity contribution in [3.63, 3.8) is 0 Å². The van der Waals surface area contributed by atoms with Gasteiger partial charge < -0.3 is 16.0 Å². The van der Waals surface area contributed by atoms with E-state index < -0.39 is 17.6 Å². The Bertz CT molecular complexity index is 1820. The maximum absolute atomic E-state index is 14.0. The van der Waals surface area contributed by atoms with E-state index in [0.29, 0.717) is 48.3 Å². The lowest BCUT2D eigenvalue weighted by Crippen LogP contribution is -2.47. The van der Waals surface area contributed by atoms with Crippen LogP contribution in [0.2, 0.25) is 0 Å². The van der Waals surface area contributed by atoms with Gasteiger partial charge in [0.1, 0.15) is 16.9 Å². The zero-order valence-corrected chi connectivity index (χ0v) is 24.3. The molecule has 226 valence electrons. The van der Waals surface area contributed by atoms with Gasteiger partial charge in [0, 0.05) is 63.3 Å². The summed E-state index contributed by atoms with van der Waals surface area (Å²) in [6, 6.07) is 5.21. The van der Waals surface area contributed by atoms with E-state index >= 15 is 0 Å². The minimum absolute atomic E-state index is 0.0113. The Kier molecular flexibility index (Phi) is 8.46. The number of carbonyl (C=O) groups is 2. The number of amides is 2. The Morgan fingerprint density at radius 2 is 1.73 bits per heavy atom. The zero-order valence-electron chi connectivity index (χ0n) is 24.3. The summed E-state index contributed by atoms with van der Waals surface area (Å²) in [4.78, 5) is 45.4. The van der Waals surface area contributed by atoms with Crippen LogP contribution in [0.4, 0.5) is 24.7 Å². The van der Waals surface area contributed by atoms with Crippen LogP contribution < -0.4 is 11.1 Å². The molecule has 1 aliphatic heterocycles. The van der Waals surface area contributed by atoms with Crippen LogP contribution in [-0.4, -0.2) is 67.7 Å². The number of aryl methyl sites for hydroxylation is 2. The normalized spacial score (nSPS) is 13.8. The van der Waals surface area contributed by atoms with Gasteiger partial charge in [-0.1, -0.05) is 17.9 Å². The SMILES string of the molecule is CC(=O)N1CCN(Cc2ccc(NC(=O)c3cncc(C#Cc4c(N)ncc5nc(C)c(C)nc45)c3)cc2C(F)(F)F)CC1. The monoisotopic (exact) mass is 602 g/mol. The fraction of sp³-hybridized carbons (Fsp3) is 0.290. The summed E-state index contributed by atoms with van der Waals surface area (Å²) in [6.07, 6.45) is -0.359. The van der Waals surface area contributed by atoms with Gasteiger partial charge in [0.15, 0.2) is 0 Å². The van der Waals surface area contributed by atoms with E-state index in [1.807, 2.05) is 18.7 Å². The molecule has 3 N–H and O–H groups in total. The van der Waals surface area contributed by atoms with Crippen molar-refractivity contribution in [3.05, 3.63) is 82.1 Å². The van der Waals surface area contributed by atoms with Crippen molar-refractivity contribution in [1.29, 1.82) is 0 Å². The lowest BCUT2D eigenvalue weighted by Gasteiger charge is -2.34. The summed E-state index contributed by atoms with van der Waals surface area (Å²) < 4.78 is 42.1. The van der Waals surface area contributed by atoms with E-state index in [1.54, 1.807) is 4.90 Å². The number of alkyl halides is 3. The summed E-state index contributed by atoms with van der Waals surface area (Å²) in [5.41, 5.74) is 8.69. The maximum atomic E-state index is 14.0. The molecule has 0 saturated carbocycles. The lowest BCUT2D eigenvalue weighted by atomic mass is 10.0. The van der Waals surface area contributed by atoms with Crippen molar-refractivity contribution < 1.29 is 22.8 Å². The van der Waals surface area contributed by atoms with Crippen LogP contribution in [0.3, 0.4) is 0 Å². The fourth-order valence-electron chi connectivity index (χ4n) is 4.82. The molecule has 3 aromatic heterocycles. The Labute approximate surface area is 251 Å². The van der Waals surface area contributed by atoms with Gasteiger partial charge in [0.2, 0.25) is 5.91 Å². The molecule has 1 aliphatic rings. The number of nitrogen functional groups attached to an aromatic ring is 1. The van der Waals surface area contributed by atoms with E-state index in [2.05, 4.69) is 37.1 Å². The van der Waals surface area contributed by atoms with Gasteiger partial charge in [-0.3, -0.25) is 19.5 Å². The first-order chi connectivity index (χ1) is 20.9. The van der Waals surface area contributed by atoms with E-state index in [-0.39, 0.29) is 35.1 Å². The summed E-state index contributed by atoms with van der Waals surface area (Å²) in [7, 11) is 0. The molecule has 2 amide bonds. The number of hydrogen-bond acceptors (Lipinski definition) is 8. The topological polar surface area (TPSA) is 130 Å². The van der Waals surface area contributed by atoms with Gasteiger partial charge in [0.25, 0.3) is 5.91 Å². The number of nitrogens with two attached hydrogens (primary N) is 1. The molecule has 0 spiro atoms. The summed E-state index contributed by atoms with van der Waals surface area (Å²) in [6.45, 7) is 7.07. The average molecular weight is 603 g/mol. The smallest absolute Gasteiger partial charge is 0.383 e. The second kappa shape index (κ2) is 12.3. The highest BCUT2D eigenvalue weighted by Crippen LogP contribution is 2.35. The molecular weight excluding hydrogens is 573 g/mol. The summed E-state index contributed by atoms with van der Waals surface area (Å²) in [5.74, 6) is 5.33. The Hall–Kier alpha value is -5.09. The highest BCUT2D eigenvalue weighted by molar-refractivity contribution is 6.04. The van der Waals surface area contributed by atoms with E-state index in [0.717, 1.165) is 17.5 Å². The van der Waals surface area contributed by atoms with Gasteiger partial charge in [-0.05, 0) is 37.6 Å². The third kappa shape index (κ3) is 6.76. The van der Waals surface area contributed by atoms with Gasteiger partial charge in [-0.2, -0.15) is 13.2 Å². The van der Waals surface area contributed by atoms with E-state index in [1.165, 1.54) is 43.7 Å².